The van der Waals surface area contributed by atoms with Gasteiger partial charge in [-0.05, 0) is 54.7 Å². The first-order valence-electron chi connectivity index (χ1n) is 10.3. The van der Waals surface area contributed by atoms with Crippen molar-refractivity contribution in [3.63, 3.8) is 0 Å². The summed E-state index contributed by atoms with van der Waals surface area (Å²) in [7, 11) is 0. The van der Waals surface area contributed by atoms with E-state index in [-0.39, 0.29) is 11.9 Å². The fourth-order valence-corrected chi connectivity index (χ4v) is 3.79. The number of amides is 1. The number of carbonyl (C=O) groups is 1. The highest BCUT2D eigenvalue weighted by Gasteiger charge is 2.21. The molecule has 0 fully saturated rings. The number of aryl methyl sites for hydroxylation is 1. The van der Waals surface area contributed by atoms with Crippen LogP contribution in [0.1, 0.15) is 41.9 Å². The van der Waals surface area contributed by atoms with Crippen molar-refractivity contribution in [2.75, 3.05) is 17.2 Å². The molecule has 7 heteroatoms. The molecule has 0 saturated heterocycles. The topological polar surface area (TPSA) is 91.8 Å². The van der Waals surface area contributed by atoms with Crippen molar-refractivity contribution in [3.05, 3.63) is 77.4 Å². The van der Waals surface area contributed by atoms with Crippen LogP contribution in [0, 0.1) is 13.8 Å². The molecule has 1 aliphatic rings. The van der Waals surface area contributed by atoms with Gasteiger partial charge in [0.25, 0.3) is 0 Å². The molecule has 2 aromatic carbocycles. The molecule has 158 valence electrons. The third-order valence-corrected chi connectivity index (χ3v) is 5.42. The van der Waals surface area contributed by atoms with Gasteiger partial charge >= 0.3 is 0 Å². The zero-order valence-electron chi connectivity index (χ0n) is 17.9. The molecule has 2 heterocycles. The van der Waals surface area contributed by atoms with Crippen molar-refractivity contribution < 1.29 is 4.79 Å². The molecule has 1 amide bonds. The molecule has 0 saturated carbocycles. The summed E-state index contributed by atoms with van der Waals surface area (Å²) < 4.78 is 0. The number of hydrogen-bond donors (Lipinski definition) is 3. The summed E-state index contributed by atoms with van der Waals surface area (Å²) in [5.41, 5.74) is 6.35. The van der Waals surface area contributed by atoms with E-state index in [1.54, 1.807) is 0 Å². The van der Waals surface area contributed by atoms with Gasteiger partial charge in [0.15, 0.2) is 5.82 Å². The lowest BCUT2D eigenvalue weighted by Gasteiger charge is -2.24. The molecule has 1 aliphatic heterocycles. The number of rotatable bonds is 5. The van der Waals surface area contributed by atoms with E-state index in [4.69, 9.17) is 0 Å². The van der Waals surface area contributed by atoms with Gasteiger partial charge in [0, 0.05) is 24.8 Å². The van der Waals surface area contributed by atoms with Crippen molar-refractivity contribution in [2.45, 2.75) is 33.2 Å². The van der Waals surface area contributed by atoms with E-state index in [1.807, 2.05) is 25.1 Å². The number of benzene rings is 2. The van der Waals surface area contributed by atoms with Crippen LogP contribution < -0.4 is 16.0 Å². The average molecular weight is 415 g/mol. The zero-order chi connectivity index (χ0) is 21.8. The van der Waals surface area contributed by atoms with E-state index in [9.17, 15) is 4.79 Å². The lowest BCUT2D eigenvalue weighted by molar-refractivity contribution is -0.114. The molecule has 1 aromatic heterocycles. The van der Waals surface area contributed by atoms with Crippen LogP contribution in [-0.4, -0.2) is 27.4 Å². The highest BCUT2D eigenvalue weighted by molar-refractivity contribution is 5.90. The third kappa shape index (κ3) is 4.78. The van der Waals surface area contributed by atoms with Gasteiger partial charge < -0.3 is 16.0 Å². The van der Waals surface area contributed by atoms with Crippen LogP contribution >= 0.6 is 0 Å². The summed E-state index contributed by atoms with van der Waals surface area (Å²) in [4.78, 5) is 24.8. The Morgan fingerprint density at radius 2 is 1.87 bits per heavy atom. The van der Waals surface area contributed by atoms with Crippen LogP contribution in [0.15, 0.2) is 54.9 Å². The summed E-state index contributed by atoms with van der Waals surface area (Å²) in [6, 6.07) is 14.1. The maximum atomic E-state index is 11.4. The molecule has 1 atom stereocenters. The lowest BCUT2D eigenvalue weighted by Crippen LogP contribution is -2.27. The van der Waals surface area contributed by atoms with Crippen LogP contribution in [-0.2, 0) is 4.79 Å². The number of nitrogens with zero attached hydrogens (tertiary/aromatic N) is 3. The second-order valence-corrected chi connectivity index (χ2v) is 7.66. The molecular weight excluding hydrogens is 388 g/mol. The van der Waals surface area contributed by atoms with E-state index >= 15 is 0 Å². The van der Waals surface area contributed by atoms with Crippen molar-refractivity contribution >= 4 is 28.8 Å². The van der Waals surface area contributed by atoms with Gasteiger partial charge in [0.05, 0.1) is 6.04 Å². The quantitative estimate of drug-likeness (QED) is 0.576. The Balaban J connectivity index is 1.54. The van der Waals surface area contributed by atoms with Crippen molar-refractivity contribution in [2.24, 2.45) is 0 Å². The molecule has 3 aromatic rings. The first-order valence-corrected chi connectivity index (χ1v) is 10.3. The SMILES string of the molecule is CC(=O)Nc1cccc(Nc2ncnc(C3CC(c4ccccc4C)=CCN3)n2)c1C. The summed E-state index contributed by atoms with van der Waals surface area (Å²) in [6.45, 7) is 6.34. The molecule has 3 N–H and O–H groups in total. The molecule has 7 nitrogen and oxygen atoms in total. The number of nitrogens with one attached hydrogen (secondary N) is 3. The zero-order valence-corrected chi connectivity index (χ0v) is 17.9. The van der Waals surface area contributed by atoms with Gasteiger partial charge in [-0.25, -0.2) is 9.97 Å². The molecule has 31 heavy (non-hydrogen) atoms. The van der Waals surface area contributed by atoms with Crippen molar-refractivity contribution in [1.29, 1.82) is 0 Å². The standard InChI is InChI=1S/C24H26N6O/c1-15-7-4-5-8-19(15)18-11-12-25-22(13-18)23-26-14-27-24(30-23)29-21-10-6-9-20(16(21)2)28-17(3)31/h4-11,14,22,25H,12-13H2,1-3H3,(H,28,31)(H,26,27,29,30). The van der Waals surface area contributed by atoms with Crippen LogP contribution in [0.5, 0.6) is 0 Å². The van der Waals surface area contributed by atoms with Gasteiger partial charge in [-0.1, -0.05) is 36.4 Å². The van der Waals surface area contributed by atoms with E-state index in [0.717, 1.165) is 29.9 Å². The minimum Gasteiger partial charge on any atom is -0.326 e. The Morgan fingerprint density at radius 1 is 1.06 bits per heavy atom. The summed E-state index contributed by atoms with van der Waals surface area (Å²) in [5, 5.41) is 9.58. The Labute approximate surface area is 182 Å². The predicted octanol–water partition coefficient (Wildman–Crippen LogP) is 4.31. The largest absolute Gasteiger partial charge is 0.326 e. The van der Waals surface area contributed by atoms with Crippen LogP contribution in [0.3, 0.4) is 0 Å². The predicted molar refractivity (Wildman–Crippen MR) is 123 cm³/mol. The Morgan fingerprint density at radius 3 is 2.68 bits per heavy atom. The Bertz CT molecular complexity index is 1140. The van der Waals surface area contributed by atoms with E-state index in [2.05, 4.69) is 68.2 Å². The highest BCUT2D eigenvalue weighted by atomic mass is 16.1. The Hall–Kier alpha value is -3.58. The second kappa shape index (κ2) is 9.06. The highest BCUT2D eigenvalue weighted by Crippen LogP contribution is 2.31. The van der Waals surface area contributed by atoms with Crippen LogP contribution in [0.4, 0.5) is 17.3 Å². The monoisotopic (exact) mass is 414 g/mol. The third-order valence-electron chi connectivity index (χ3n) is 5.42. The fraction of sp³-hybridized carbons (Fsp3) is 0.250. The van der Waals surface area contributed by atoms with Gasteiger partial charge in [0.1, 0.15) is 6.33 Å². The maximum absolute atomic E-state index is 11.4. The minimum absolute atomic E-state index is 0.00923. The maximum Gasteiger partial charge on any atom is 0.230 e. The van der Waals surface area contributed by atoms with E-state index in [0.29, 0.717) is 11.8 Å². The number of carbonyl (C=O) groups excluding carboxylic acids is 1. The first-order chi connectivity index (χ1) is 15.0. The molecule has 0 bridgehead atoms. The summed E-state index contributed by atoms with van der Waals surface area (Å²) in [6.07, 6.45) is 4.58. The normalized spacial score (nSPS) is 15.8. The second-order valence-electron chi connectivity index (χ2n) is 7.66. The van der Waals surface area contributed by atoms with E-state index in [1.165, 1.54) is 30.0 Å². The van der Waals surface area contributed by atoms with E-state index < -0.39 is 0 Å². The van der Waals surface area contributed by atoms with Crippen LogP contribution in [0.25, 0.3) is 5.57 Å². The lowest BCUT2D eigenvalue weighted by atomic mass is 9.92. The van der Waals surface area contributed by atoms with Crippen LogP contribution in [0.2, 0.25) is 0 Å². The summed E-state index contributed by atoms with van der Waals surface area (Å²) in [5.74, 6) is 1.07. The molecular formula is C24H26N6O. The van der Waals surface area contributed by atoms with Crippen molar-refractivity contribution in [3.8, 4) is 0 Å². The van der Waals surface area contributed by atoms with Gasteiger partial charge in [0.2, 0.25) is 11.9 Å². The number of aromatic nitrogens is 3. The van der Waals surface area contributed by atoms with Gasteiger partial charge in [-0.2, -0.15) is 4.98 Å². The number of anilines is 3. The Kier molecular flexibility index (Phi) is 6.04. The molecule has 0 spiro atoms. The molecule has 0 aliphatic carbocycles. The minimum atomic E-state index is -0.108. The number of hydrogen-bond acceptors (Lipinski definition) is 6. The fourth-order valence-electron chi connectivity index (χ4n) is 3.79. The van der Waals surface area contributed by atoms with Crippen molar-refractivity contribution in [1.82, 2.24) is 20.3 Å². The van der Waals surface area contributed by atoms with Gasteiger partial charge in [-0.15, -0.1) is 0 Å². The summed E-state index contributed by atoms with van der Waals surface area (Å²) >= 11 is 0. The molecule has 0 radical (unpaired) electrons. The smallest absolute Gasteiger partial charge is 0.230 e. The van der Waals surface area contributed by atoms with Gasteiger partial charge in [-0.3, -0.25) is 4.79 Å². The molecule has 1 unspecified atom stereocenters. The average Bonchev–Trinajstić information content (AvgIpc) is 2.77. The molecule has 4 rings (SSSR count). The first kappa shape index (κ1) is 20.7.